The number of aromatic nitrogens is 2. The third-order valence-corrected chi connectivity index (χ3v) is 6.20. The molecule has 1 N–H and O–H groups in total. The van der Waals surface area contributed by atoms with Crippen LogP contribution in [0.3, 0.4) is 0 Å². The fourth-order valence-corrected chi connectivity index (χ4v) is 4.18. The average Bonchev–Trinajstić information content (AvgIpc) is 3.17. The van der Waals surface area contributed by atoms with Gasteiger partial charge in [-0.1, -0.05) is 0 Å². The maximum absolute atomic E-state index is 12.6. The number of ether oxygens (including phenoxy) is 2. The van der Waals surface area contributed by atoms with Crippen LogP contribution in [-0.2, 0) is 11.3 Å². The van der Waals surface area contributed by atoms with E-state index in [2.05, 4.69) is 16.9 Å². The van der Waals surface area contributed by atoms with Crippen LogP contribution < -0.4 is 9.64 Å². The molecule has 190 valence electrons. The third kappa shape index (κ3) is 6.62. The summed E-state index contributed by atoms with van der Waals surface area (Å²) in [6, 6.07) is 0.640. The summed E-state index contributed by atoms with van der Waals surface area (Å²) in [6.07, 6.45) is 0.879. The number of nitrogens with zero attached hydrogens (tertiary/aromatic N) is 6. The molecule has 3 rings (SSSR count). The number of carbonyl (C=O) groups excluding carboxylic acids is 1. The van der Waals surface area contributed by atoms with Gasteiger partial charge in [-0.3, -0.25) is 0 Å². The van der Waals surface area contributed by atoms with E-state index in [1.54, 1.807) is 7.05 Å². The summed E-state index contributed by atoms with van der Waals surface area (Å²) in [7, 11) is 3.77. The molecule has 0 radical (unpaired) electrons. The minimum Gasteiger partial charge on any atom is -0.465 e. The van der Waals surface area contributed by atoms with Gasteiger partial charge in [0.15, 0.2) is 0 Å². The Hall–Kier alpha value is -2.82. The van der Waals surface area contributed by atoms with Crippen LogP contribution in [0.1, 0.15) is 44.9 Å². The summed E-state index contributed by atoms with van der Waals surface area (Å²) in [5.74, 6) is 0.669. The van der Waals surface area contributed by atoms with Crippen molar-refractivity contribution in [3.8, 4) is 6.01 Å². The molecule has 11 nitrogen and oxygen atoms in total. The number of likely N-dealkylation sites (tertiary alicyclic amines) is 1. The zero-order chi connectivity index (χ0) is 25.0. The van der Waals surface area contributed by atoms with Crippen molar-refractivity contribution in [1.82, 2.24) is 24.7 Å². The molecule has 2 amide bonds. The van der Waals surface area contributed by atoms with Crippen LogP contribution in [0.4, 0.5) is 15.4 Å². The Morgan fingerprint density at radius 1 is 1.15 bits per heavy atom. The maximum atomic E-state index is 12.6. The standard InChI is InChI=1S/C23H38N6O5/c1-16-18(14-27(6)22(32)34-23(2,3)4)19(28-10-12-29(13-11-28)21(30)31)25-20(24-16)33-15-17-8-7-9-26(17)5/h17H,7-15H2,1-6H3,(H,30,31). The molecule has 1 aromatic rings. The zero-order valence-electron chi connectivity index (χ0n) is 21.2. The Labute approximate surface area is 201 Å². The number of carbonyl (C=O) groups is 2. The summed E-state index contributed by atoms with van der Waals surface area (Å²) in [5, 5.41) is 9.31. The molecule has 2 aliphatic heterocycles. The van der Waals surface area contributed by atoms with Crippen LogP contribution in [0, 0.1) is 6.92 Å². The molecule has 34 heavy (non-hydrogen) atoms. The highest BCUT2D eigenvalue weighted by Gasteiger charge is 2.28. The number of amides is 2. The van der Waals surface area contributed by atoms with Gasteiger partial charge in [0.25, 0.3) is 0 Å². The molecule has 0 bridgehead atoms. The molecule has 0 aliphatic carbocycles. The molecular weight excluding hydrogens is 440 g/mol. The van der Waals surface area contributed by atoms with Crippen LogP contribution in [0.25, 0.3) is 0 Å². The van der Waals surface area contributed by atoms with Crippen LogP contribution in [-0.4, -0.2) is 107 Å². The number of carboxylic acid groups (broad SMARTS) is 1. The summed E-state index contributed by atoms with van der Waals surface area (Å²) in [4.78, 5) is 40.5. The van der Waals surface area contributed by atoms with Gasteiger partial charge in [-0.05, 0) is 54.1 Å². The number of piperazine rings is 1. The largest absolute Gasteiger partial charge is 0.465 e. The summed E-state index contributed by atoms with van der Waals surface area (Å²) >= 11 is 0. The molecule has 0 aromatic carbocycles. The van der Waals surface area contributed by atoms with E-state index in [1.807, 2.05) is 32.6 Å². The number of anilines is 1. The zero-order valence-corrected chi connectivity index (χ0v) is 21.2. The van der Waals surface area contributed by atoms with Crippen LogP contribution in [0.2, 0.25) is 0 Å². The van der Waals surface area contributed by atoms with Crippen molar-refractivity contribution in [2.24, 2.45) is 0 Å². The fourth-order valence-electron chi connectivity index (χ4n) is 4.18. The van der Waals surface area contributed by atoms with Crippen LogP contribution >= 0.6 is 0 Å². The van der Waals surface area contributed by atoms with Gasteiger partial charge in [0.2, 0.25) is 0 Å². The number of hydrogen-bond acceptors (Lipinski definition) is 8. The molecule has 2 fully saturated rings. The van der Waals surface area contributed by atoms with Crippen molar-refractivity contribution in [3.05, 3.63) is 11.3 Å². The third-order valence-electron chi connectivity index (χ3n) is 6.20. The Balaban J connectivity index is 1.82. The lowest BCUT2D eigenvalue weighted by atomic mass is 10.1. The first-order chi connectivity index (χ1) is 15.9. The van der Waals surface area contributed by atoms with Gasteiger partial charge >= 0.3 is 18.2 Å². The number of aryl methyl sites for hydroxylation is 1. The molecule has 1 aromatic heterocycles. The Kier molecular flexibility index (Phi) is 8.06. The van der Waals surface area contributed by atoms with E-state index in [4.69, 9.17) is 14.5 Å². The first-order valence-electron chi connectivity index (χ1n) is 11.8. The second kappa shape index (κ2) is 10.6. The van der Waals surface area contributed by atoms with Crippen molar-refractivity contribution in [2.45, 2.75) is 58.7 Å². The SMILES string of the molecule is Cc1nc(OCC2CCCN2C)nc(N2CCN(C(=O)O)CC2)c1CN(C)C(=O)OC(C)(C)C. The predicted molar refractivity (Wildman–Crippen MR) is 127 cm³/mol. The number of likely N-dealkylation sites (N-methyl/N-ethyl adjacent to an activating group) is 1. The lowest BCUT2D eigenvalue weighted by molar-refractivity contribution is 0.0284. The molecule has 2 aliphatic rings. The van der Waals surface area contributed by atoms with Crippen LogP contribution in [0.5, 0.6) is 6.01 Å². The van der Waals surface area contributed by atoms with Crippen molar-refractivity contribution < 1.29 is 24.2 Å². The summed E-state index contributed by atoms with van der Waals surface area (Å²) < 4.78 is 11.5. The van der Waals surface area contributed by atoms with Crippen molar-refractivity contribution in [3.63, 3.8) is 0 Å². The van der Waals surface area contributed by atoms with Gasteiger partial charge in [-0.25, -0.2) is 14.6 Å². The van der Waals surface area contributed by atoms with E-state index in [0.717, 1.165) is 30.6 Å². The quantitative estimate of drug-likeness (QED) is 0.659. The van der Waals surface area contributed by atoms with Crippen molar-refractivity contribution in [2.75, 3.05) is 58.3 Å². The minimum absolute atomic E-state index is 0.265. The van der Waals surface area contributed by atoms with E-state index in [1.165, 1.54) is 9.80 Å². The molecule has 1 unspecified atom stereocenters. The molecule has 0 saturated carbocycles. The van der Waals surface area contributed by atoms with Crippen LogP contribution in [0.15, 0.2) is 0 Å². The fraction of sp³-hybridized carbons (Fsp3) is 0.739. The number of rotatable bonds is 6. The normalized spacial score (nSPS) is 19.3. The molecular formula is C23H38N6O5. The molecule has 2 saturated heterocycles. The molecule has 0 spiro atoms. The summed E-state index contributed by atoms with van der Waals surface area (Å²) in [5.41, 5.74) is 0.913. The first-order valence-corrected chi connectivity index (χ1v) is 11.8. The lowest BCUT2D eigenvalue weighted by Crippen LogP contribution is -2.49. The van der Waals surface area contributed by atoms with Gasteiger partial charge in [0.1, 0.15) is 18.0 Å². The van der Waals surface area contributed by atoms with Crippen molar-refractivity contribution in [1.29, 1.82) is 0 Å². The van der Waals surface area contributed by atoms with E-state index in [-0.39, 0.29) is 6.54 Å². The van der Waals surface area contributed by atoms with E-state index >= 15 is 0 Å². The topological polar surface area (TPSA) is 112 Å². The highest BCUT2D eigenvalue weighted by molar-refractivity contribution is 5.68. The van der Waals surface area contributed by atoms with Gasteiger partial charge < -0.3 is 34.2 Å². The van der Waals surface area contributed by atoms with Crippen molar-refractivity contribution >= 4 is 18.0 Å². The average molecular weight is 479 g/mol. The summed E-state index contributed by atoms with van der Waals surface area (Å²) in [6.45, 7) is 10.9. The smallest absolute Gasteiger partial charge is 0.410 e. The second-order valence-corrected chi connectivity index (χ2v) is 10.1. The van der Waals surface area contributed by atoms with Gasteiger partial charge in [-0.2, -0.15) is 4.98 Å². The monoisotopic (exact) mass is 478 g/mol. The Bertz CT molecular complexity index is 881. The molecule has 1 atom stereocenters. The second-order valence-electron chi connectivity index (χ2n) is 10.1. The lowest BCUT2D eigenvalue weighted by Gasteiger charge is -2.35. The van der Waals surface area contributed by atoms with Gasteiger partial charge in [-0.15, -0.1) is 0 Å². The van der Waals surface area contributed by atoms with E-state index < -0.39 is 17.8 Å². The first kappa shape index (κ1) is 25.8. The predicted octanol–water partition coefficient (Wildman–Crippen LogP) is 2.42. The van der Waals surface area contributed by atoms with E-state index in [9.17, 15) is 14.7 Å². The van der Waals surface area contributed by atoms with Gasteiger partial charge in [0, 0.05) is 44.8 Å². The Morgan fingerprint density at radius 2 is 1.82 bits per heavy atom. The number of hydrogen-bond donors (Lipinski definition) is 1. The minimum atomic E-state index is -0.923. The highest BCUT2D eigenvalue weighted by atomic mass is 16.6. The molecule has 3 heterocycles. The maximum Gasteiger partial charge on any atom is 0.410 e. The molecule has 11 heteroatoms. The highest BCUT2D eigenvalue weighted by Crippen LogP contribution is 2.27. The van der Waals surface area contributed by atoms with E-state index in [0.29, 0.717) is 50.7 Å². The Morgan fingerprint density at radius 3 is 2.38 bits per heavy atom. The van der Waals surface area contributed by atoms with Gasteiger partial charge in [0.05, 0.1) is 12.2 Å².